The summed E-state index contributed by atoms with van der Waals surface area (Å²) in [6.45, 7) is 3.20. The zero-order valence-electron chi connectivity index (χ0n) is 11.9. The second-order valence-corrected chi connectivity index (χ2v) is 5.90. The third-order valence-electron chi connectivity index (χ3n) is 4.48. The molecule has 1 aliphatic heterocycles. The number of rotatable bonds is 5. The van der Waals surface area contributed by atoms with Gasteiger partial charge in [-0.05, 0) is 19.3 Å². The minimum Gasteiger partial charge on any atom is -0.370 e. The molecule has 0 aromatic heterocycles. The number of unbranched alkanes of at least 4 members (excludes halogenated alkanes) is 2. The smallest absolute Gasteiger partial charge is 0.191 e. The molecular weight excluding hydrogens is 222 g/mol. The quantitative estimate of drug-likeness (QED) is 0.602. The number of hydrogen-bond donors (Lipinski definition) is 1. The summed E-state index contributed by atoms with van der Waals surface area (Å²) in [5.41, 5.74) is 6.13. The number of nitrogens with zero attached hydrogens (tertiary/aromatic N) is 2. The lowest BCUT2D eigenvalue weighted by atomic mass is 10.0. The Hall–Kier alpha value is -0.730. The van der Waals surface area contributed by atoms with E-state index in [0.717, 1.165) is 12.5 Å². The van der Waals surface area contributed by atoms with Crippen LogP contribution in [0.25, 0.3) is 0 Å². The number of hydrogen-bond acceptors (Lipinski definition) is 3. The standard InChI is InChI=1S/C15H29N3/c1-2-3-6-11-14-12-17-15(16)18(14)13-9-7-4-5-8-10-13/h13-14H,2-12H2,1H3,(H2,16,17). The molecule has 0 spiro atoms. The molecule has 1 aliphatic carbocycles. The topological polar surface area (TPSA) is 41.6 Å². The molecule has 1 atom stereocenters. The lowest BCUT2D eigenvalue weighted by Gasteiger charge is -2.34. The molecule has 2 N–H and O–H groups in total. The highest BCUT2D eigenvalue weighted by atomic mass is 15.3. The minimum atomic E-state index is 0.597. The van der Waals surface area contributed by atoms with E-state index in [4.69, 9.17) is 5.73 Å². The molecule has 1 unspecified atom stereocenters. The zero-order valence-corrected chi connectivity index (χ0v) is 11.9. The molecule has 2 aliphatic rings. The summed E-state index contributed by atoms with van der Waals surface area (Å²) < 4.78 is 0. The van der Waals surface area contributed by atoms with Gasteiger partial charge in [-0.15, -0.1) is 0 Å². The van der Waals surface area contributed by atoms with Gasteiger partial charge in [-0.25, -0.2) is 0 Å². The predicted molar refractivity (Wildman–Crippen MR) is 77.7 cm³/mol. The molecule has 1 fully saturated rings. The van der Waals surface area contributed by atoms with E-state index in [-0.39, 0.29) is 0 Å². The van der Waals surface area contributed by atoms with Crippen molar-refractivity contribution in [3.8, 4) is 0 Å². The Labute approximate surface area is 112 Å². The van der Waals surface area contributed by atoms with Gasteiger partial charge in [0.1, 0.15) is 0 Å². The summed E-state index contributed by atoms with van der Waals surface area (Å²) in [5.74, 6) is 0.823. The van der Waals surface area contributed by atoms with Gasteiger partial charge in [0.15, 0.2) is 5.96 Å². The van der Waals surface area contributed by atoms with E-state index in [1.54, 1.807) is 0 Å². The molecule has 0 saturated heterocycles. The molecule has 1 saturated carbocycles. The molecule has 3 nitrogen and oxygen atoms in total. The molecule has 0 aromatic carbocycles. The van der Waals surface area contributed by atoms with Crippen molar-refractivity contribution in [1.82, 2.24) is 4.90 Å². The van der Waals surface area contributed by atoms with Gasteiger partial charge in [-0.1, -0.05) is 51.9 Å². The molecule has 0 amide bonds. The highest BCUT2D eigenvalue weighted by Crippen LogP contribution is 2.27. The highest BCUT2D eigenvalue weighted by Gasteiger charge is 2.31. The Balaban J connectivity index is 1.90. The first-order valence-corrected chi connectivity index (χ1v) is 7.91. The Bertz CT molecular complexity index is 267. The van der Waals surface area contributed by atoms with Gasteiger partial charge in [0.2, 0.25) is 0 Å². The Morgan fingerprint density at radius 2 is 1.89 bits per heavy atom. The number of nitrogens with two attached hydrogens (primary N) is 1. The summed E-state index contributed by atoms with van der Waals surface area (Å²) in [7, 11) is 0. The van der Waals surface area contributed by atoms with E-state index < -0.39 is 0 Å². The van der Waals surface area contributed by atoms with Crippen LogP contribution in [0, 0.1) is 0 Å². The third kappa shape index (κ3) is 3.39. The van der Waals surface area contributed by atoms with Crippen LogP contribution in [0.4, 0.5) is 0 Å². The summed E-state index contributed by atoms with van der Waals surface area (Å²) >= 11 is 0. The summed E-state index contributed by atoms with van der Waals surface area (Å²) in [6, 6.07) is 1.27. The fraction of sp³-hybridized carbons (Fsp3) is 0.933. The molecule has 0 radical (unpaired) electrons. The first kappa shape index (κ1) is 13.7. The van der Waals surface area contributed by atoms with Crippen LogP contribution >= 0.6 is 0 Å². The fourth-order valence-electron chi connectivity index (χ4n) is 3.44. The van der Waals surface area contributed by atoms with Crippen molar-refractivity contribution >= 4 is 5.96 Å². The van der Waals surface area contributed by atoms with Crippen LogP contribution < -0.4 is 5.73 Å². The lowest BCUT2D eigenvalue weighted by Crippen LogP contribution is -2.47. The van der Waals surface area contributed by atoms with Gasteiger partial charge in [0.25, 0.3) is 0 Å². The van der Waals surface area contributed by atoms with Crippen LogP contribution in [0.2, 0.25) is 0 Å². The normalized spacial score (nSPS) is 26.2. The van der Waals surface area contributed by atoms with E-state index in [9.17, 15) is 0 Å². The van der Waals surface area contributed by atoms with Gasteiger partial charge in [-0.2, -0.15) is 0 Å². The van der Waals surface area contributed by atoms with Gasteiger partial charge in [0, 0.05) is 6.04 Å². The number of aliphatic imine (C=N–C) groups is 1. The van der Waals surface area contributed by atoms with Crippen molar-refractivity contribution in [2.24, 2.45) is 10.7 Å². The van der Waals surface area contributed by atoms with E-state index in [0.29, 0.717) is 12.1 Å². The Morgan fingerprint density at radius 1 is 1.17 bits per heavy atom. The van der Waals surface area contributed by atoms with Gasteiger partial charge < -0.3 is 10.6 Å². The number of guanidine groups is 1. The molecule has 2 rings (SSSR count). The fourth-order valence-corrected chi connectivity index (χ4v) is 3.44. The van der Waals surface area contributed by atoms with Crippen molar-refractivity contribution in [3.05, 3.63) is 0 Å². The lowest BCUT2D eigenvalue weighted by molar-refractivity contribution is 0.223. The predicted octanol–water partition coefficient (Wildman–Crippen LogP) is 3.29. The molecule has 3 heteroatoms. The van der Waals surface area contributed by atoms with Gasteiger partial charge in [-0.3, -0.25) is 4.99 Å². The summed E-state index contributed by atoms with van der Waals surface area (Å²) in [5, 5.41) is 0. The van der Waals surface area contributed by atoms with E-state index in [1.807, 2.05) is 0 Å². The maximum atomic E-state index is 6.13. The zero-order chi connectivity index (χ0) is 12.8. The highest BCUT2D eigenvalue weighted by molar-refractivity contribution is 5.80. The first-order chi connectivity index (χ1) is 8.83. The van der Waals surface area contributed by atoms with E-state index >= 15 is 0 Å². The second kappa shape index (κ2) is 7.01. The van der Waals surface area contributed by atoms with E-state index in [1.165, 1.54) is 64.2 Å². The largest absolute Gasteiger partial charge is 0.370 e. The van der Waals surface area contributed by atoms with Gasteiger partial charge >= 0.3 is 0 Å². The van der Waals surface area contributed by atoms with Crippen molar-refractivity contribution in [1.29, 1.82) is 0 Å². The van der Waals surface area contributed by atoms with Crippen molar-refractivity contribution in [2.75, 3.05) is 6.54 Å². The van der Waals surface area contributed by atoms with E-state index in [2.05, 4.69) is 16.8 Å². The van der Waals surface area contributed by atoms with Crippen molar-refractivity contribution in [2.45, 2.75) is 83.2 Å². The SMILES string of the molecule is CCCCCC1CN=C(N)N1C1CCCCCC1. The van der Waals surface area contributed by atoms with Crippen LogP contribution in [0.15, 0.2) is 4.99 Å². The summed E-state index contributed by atoms with van der Waals surface area (Å²) in [4.78, 5) is 6.98. The van der Waals surface area contributed by atoms with Gasteiger partial charge in [0.05, 0.1) is 12.6 Å². The third-order valence-corrected chi connectivity index (χ3v) is 4.48. The molecule has 1 heterocycles. The minimum absolute atomic E-state index is 0.597. The Morgan fingerprint density at radius 3 is 2.56 bits per heavy atom. The first-order valence-electron chi connectivity index (χ1n) is 7.91. The van der Waals surface area contributed by atoms with Crippen LogP contribution in [0.5, 0.6) is 0 Å². The maximum Gasteiger partial charge on any atom is 0.191 e. The average Bonchev–Trinajstić information content (AvgIpc) is 2.59. The molecule has 18 heavy (non-hydrogen) atoms. The second-order valence-electron chi connectivity index (χ2n) is 5.90. The molecule has 0 aromatic rings. The molecule has 104 valence electrons. The van der Waals surface area contributed by atoms with Crippen LogP contribution in [-0.2, 0) is 0 Å². The van der Waals surface area contributed by atoms with Crippen molar-refractivity contribution in [3.63, 3.8) is 0 Å². The average molecular weight is 251 g/mol. The molecular formula is C15H29N3. The van der Waals surface area contributed by atoms with Crippen LogP contribution in [0.1, 0.15) is 71.1 Å². The summed E-state index contributed by atoms with van der Waals surface area (Å²) in [6.07, 6.45) is 13.4. The molecule has 0 bridgehead atoms. The Kier molecular flexibility index (Phi) is 5.33. The van der Waals surface area contributed by atoms with Crippen LogP contribution in [0.3, 0.4) is 0 Å². The van der Waals surface area contributed by atoms with Crippen molar-refractivity contribution < 1.29 is 0 Å². The van der Waals surface area contributed by atoms with Crippen LogP contribution in [-0.4, -0.2) is 29.5 Å². The maximum absolute atomic E-state index is 6.13. The monoisotopic (exact) mass is 251 g/mol.